The number of aliphatic hydroxyl groups is 1. The normalized spacial score (nSPS) is 21.9. The average molecular weight is 277 g/mol. The maximum Gasteiger partial charge on any atom is 0.275 e. The molecule has 1 atom stereocenters. The predicted molar refractivity (Wildman–Crippen MR) is 73.3 cm³/mol. The summed E-state index contributed by atoms with van der Waals surface area (Å²) < 4.78 is 7.18. The largest absolute Gasteiger partial charge is 0.394 e. The van der Waals surface area contributed by atoms with Crippen molar-refractivity contribution in [2.45, 2.75) is 18.9 Å². The number of aryl methyl sites for hydroxylation is 1. The summed E-state index contributed by atoms with van der Waals surface area (Å²) in [7, 11) is 1.88. The lowest BCUT2D eigenvalue weighted by molar-refractivity contribution is -0.0448. The highest BCUT2D eigenvalue weighted by atomic mass is 16.5. The van der Waals surface area contributed by atoms with Gasteiger partial charge in [0.1, 0.15) is 0 Å². The second kappa shape index (κ2) is 5.38. The van der Waals surface area contributed by atoms with Crippen LogP contribution < -0.4 is 0 Å². The van der Waals surface area contributed by atoms with E-state index < -0.39 is 0 Å². The van der Waals surface area contributed by atoms with Crippen molar-refractivity contribution in [2.24, 2.45) is 7.05 Å². The molecule has 2 aliphatic rings. The van der Waals surface area contributed by atoms with Gasteiger partial charge in [-0.2, -0.15) is 5.10 Å². The first kappa shape index (κ1) is 13.3. The van der Waals surface area contributed by atoms with Gasteiger partial charge in [-0.3, -0.25) is 9.48 Å². The third-order valence-corrected chi connectivity index (χ3v) is 3.87. The van der Waals surface area contributed by atoms with Gasteiger partial charge in [0.15, 0.2) is 5.69 Å². The fourth-order valence-electron chi connectivity index (χ4n) is 2.79. The molecule has 108 valence electrons. The molecule has 0 bridgehead atoms. The van der Waals surface area contributed by atoms with Crippen LogP contribution in [0.2, 0.25) is 0 Å². The van der Waals surface area contributed by atoms with Crippen LogP contribution in [0.25, 0.3) is 6.08 Å². The number of amides is 1. The van der Waals surface area contributed by atoms with Crippen LogP contribution in [0.5, 0.6) is 0 Å². The molecular weight excluding hydrogens is 258 g/mol. The fourth-order valence-corrected chi connectivity index (χ4v) is 2.79. The number of rotatable bonds is 2. The molecule has 0 radical (unpaired) electrons. The fraction of sp³-hybridized carbons (Fsp3) is 0.571. The van der Waals surface area contributed by atoms with Gasteiger partial charge in [-0.05, 0) is 12.8 Å². The molecule has 1 aliphatic carbocycles. The number of allylic oxidation sites excluding steroid dienone is 1. The topological polar surface area (TPSA) is 67.6 Å². The smallest absolute Gasteiger partial charge is 0.275 e. The van der Waals surface area contributed by atoms with Gasteiger partial charge in [0.2, 0.25) is 0 Å². The van der Waals surface area contributed by atoms with E-state index in [0.29, 0.717) is 25.4 Å². The summed E-state index contributed by atoms with van der Waals surface area (Å²) >= 11 is 0. The number of ether oxygens (including phenoxy) is 1. The van der Waals surface area contributed by atoms with E-state index in [1.54, 1.807) is 9.58 Å². The van der Waals surface area contributed by atoms with Gasteiger partial charge in [0.05, 0.1) is 19.3 Å². The molecule has 1 aromatic heterocycles. The molecule has 0 saturated carbocycles. The maximum atomic E-state index is 12.6. The number of hydrogen-bond donors (Lipinski definition) is 1. The van der Waals surface area contributed by atoms with E-state index in [0.717, 1.165) is 24.1 Å². The summed E-state index contributed by atoms with van der Waals surface area (Å²) in [5, 5.41) is 13.6. The number of nitrogens with zero attached hydrogens (tertiary/aromatic N) is 3. The number of carbonyl (C=O) groups excluding carboxylic acids is 1. The predicted octanol–water partition coefficient (Wildman–Crippen LogP) is 0.213. The van der Waals surface area contributed by atoms with Gasteiger partial charge in [-0.25, -0.2) is 0 Å². The quantitative estimate of drug-likeness (QED) is 0.839. The Morgan fingerprint density at radius 1 is 1.60 bits per heavy atom. The van der Waals surface area contributed by atoms with Crippen molar-refractivity contribution in [1.29, 1.82) is 0 Å². The highest BCUT2D eigenvalue weighted by Gasteiger charge is 2.29. The van der Waals surface area contributed by atoms with E-state index in [1.165, 1.54) is 0 Å². The van der Waals surface area contributed by atoms with Crippen LogP contribution in [0.3, 0.4) is 0 Å². The summed E-state index contributed by atoms with van der Waals surface area (Å²) in [4.78, 5) is 14.3. The van der Waals surface area contributed by atoms with Crippen LogP contribution in [0.4, 0.5) is 0 Å². The molecule has 0 aromatic carbocycles. The van der Waals surface area contributed by atoms with E-state index in [1.807, 2.05) is 13.1 Å². The van der Waals surface area contributed by atoms with E-state index in [4.69, 9.17) is 9.84 Å². The summed E-state index contributed by atoms with van der Waals surface area (Å²) in [6.45, 7) is 1.36. The zero-order valence-corrected chi connectivity index (χ0v) is 11.6. The third-order valence-electron chi connectivity index (χ3n) is 3.87. The highest BCUT2D eigenvalue weighted by molar-refractivity contribution is 5.96. The van der Waals surface area contributed by atoms with Crippen molar-refractivity contribution in [3.05, 3.63) is 23.0 Å². The van der Waals surface area contributed by atoms with Gasteiger partial charge < -0.3 is 14.7 Å². The summed E-state index contributed by atoms with van der Waals surface area (Å²) in [5.74, 6) is -0.0739. The lowest BCUT2D eigenvalue weighted by Crippen LogP contribution is -2.47. The lowest BCUT2D eigenvalue weighted by Gasteiger charge is -2.31. The molecule has 0 spiro atoms. The highest BCUT2D eigenvalue weighted by Crippen LogP contribution is 2.23. The van der Waals surface area contributed by atoms with Crippen molar-refractivity contribution in [2.75, 3.05) is 26.3 Å². The first-order valence-corrected chi connectivity index (χ1v) is 6.95. The Morgan fingerprint density at radius 3 is 3.25 bits per heavy atom. The minimum absolute atomic E-state index is 0.0655. The van der Waals surface area contributed by atoms with Crippen molar-refractivity contribution < 1.29 is 14.6 Å². The first-order valence-electron chi connectivity index (χ1n) is 6.95. The second-order valence-electron chi connectivity index (χ2n) is 5.20. The van der Waals surface area contributed by atoms with E-state index in [9.17, 15) is 4.79 Å². The SMILES string of the molecule is Cn1nc(C(=O)N2CCO[C@H](CO)C2)c2c1CCC=C2. The third kappa shape index (κ3) is 2.25. The van der Waals surface area contributed by atoms with Crippen LogP contribution in [0.1, 0.15) is 28.2 Å². The molecule has 1 aromatic rings. The molecule has 0 unspecified atom stereocenters. The van der Waals surface area contributed by atoms with Gasteiger partial charge >= 0.3 is 0 Å². The Balaban J connectivity index is 1.86. The van der Waals surface area contributed by atoms with Crippen LogP contribution >= 0.6 is 0 Å². The van der Waals surface area contributed by atoms with Crippen LogP contribution in [0.15, 0.2) is 6.08 Å². The molecule has 6 heteroatoms. The Bertz CT molecular complexity index is 550. The number of aliphatic hydroxyl groups excluding tert-OH is 1. The van der Waals surface area contributed by atoms with Crippen LogP contribution in [0, 0.1) is 0 Å². The van der Waals surface area contributed by atoms with Crippen molar-refractivity contribution in [1.82, 2.24) is 14.7 Å². The molecular formula is C14H19N3O3. The number of fused-ring (bicyclic) bond motifs is 1. The molecule has 1 aliphatic heterocycles. The first-order chi connectivity index (χ1) is 9.70. The molecule has 20 heavy (non-hydrogen) atoms. The van der Waals surface area contributed by atoms with E-state index >= 15 is 0 Å². The Labute approximate surface area is 117 Å². The van der Waals surface area contributed by atoms with Gasteiger partial charge in [-0.1, -0.05) is 12.2 Å². The van der Waals surface area contributed by atoms with Crippen molar-refractivity contribution in [3.63, 3.8) is 0 Å². The van der Waals surface area contributed by atoms with Crippen molar-refractivity contribution >= 4 is 12.0 Å². The van der Waals surface area contributed by atoms with Crippen LogP contribution in [-0.2, 0) is 18.2 Å². The number of hydrogen-bond acceptors (Lipinski definition) is 4. The van der Waals surface area contributed by atoms with Crippen LogP contribution in [-0.4, -0.2) is 58.1 Å². The standard InChI is InChI=1S/C14H19N3O3/c1-16-12-5-3-2-4-11(12)13(15-16)14(19)17-6-7-20-10(8-17)9-18/h2,4,10,18H,3,5-9H2,1H3/t10-/m0/s1. The number of carbonyl (C=O) groups is 1. The summed E-state index contributed by atoms with van der Waals surface area (Å²) in [6, 6.07) is 0. The summed E-state index contributed by atoms with van der Waals surface area (Å²) in [6.07, 6.45) is 5.69. The minimum Gasteiger partial charge on any atom is -0.394 e. The molecule has 1 amide bonds. The zero-order chi connectivity index (χ0) is 14.1. The average Bonchev–Trinajstić information content (AvgIpc) is 2.84. The Kier molecular flexibility index (Phi) is 3.58. The monoisotopic (exact) mass is 277 g/mol. The van der Waals surface area contributed by atoms with Gasteiger partial charge in [-0.15, -0.1) is 0 Å². The molecule has 2 heterocycles. The van der Waals surface area contributed by atoms with Gasteiger partial charge in [0, 0.05) is 31.4 Å². The minimum atomic E-state index is -0.289. The number of aromatic nitrogens is 2. The maximum absolute atomic E-state index is 12.6. The van der Waals surface area contributed by atoms with E-state index in [-0.39, 0.29) is 18.6 Å². The zero-order valence-electron chi connectivity index (χ0n) is 11.6. The van der Waals surface area contributed by atoms with E-state index in [2.05, 4.69) is 11.2 Å². The van der Waals surface area contributed by atoms with Gasteiger partial charge in [0.25, 0.3) is 5.91 Å². The molecule has 1 fully saturated rings. The molecule has 6 nitrogen and oxygen atoms in total. The number of morpholine rings is 1. The lowest BCUT2D eigenvalue weighted by atomic mass is 10.0. The Morgan fingerprint density at radius 2 is 2.45 bits per heavy atom. The molecule has 3 rings (SSSR count). The van der Waals surface area contributed by atoms with Crippen molar-refractivity contribution in [3.8, 4) is 0 Å². The Hall–Kier alpha value is -1.66. The second-order valence-corrected chi connectivity index (χ2v) is 5.20. The molecule has 1 N–H and O–H groups in total. The molecule has 1 saturated heterocycles. The summed E-state index contributed by atoms with van der Waals surface area (Å²) in [5.41, 5.74) is 2.57.